The number of carbonyl (C=O) groups is 1. The van der Waals surface area contributed by atoms with Crippen LogP contribution in [0, 0.1) is 6.92 Å². The van der Waals surface area contributed by atoms with E-state index in [1.54, 1.807) is 6.08 Å². The smallest absolute Gasteiger partial charge is 0.227 e. The number of benzene rings is 1. The molecule has 2 N–H and O–H groups in total. The molecule has 116 valence electrons. The summed E-state index contributed by atoms with van der Waals surface area (Å²) in [4.78, 5) is 10.9. The Morgan fingerprint density at radius 1 is 1.50 bits per heavy atom. The lowest BCUT2D eigenvalue weighted by Gasteiger charge is -2.09. The number of rotatable bonds is 8. The highest BCUT2D eigenvalue weighted by Crippen LogP contribution is 2.19. The zero-order valence-electron chi connectivity index (χ0n) is 12.4. The summed E-state index contributed by atoms with van der Waals surface area (Å²) in [7, 11) is 0. The zero-order chi connectivity index (χ0) is 15.9. The Hall–Kier alpha value is -2.28. The normalized spacial score (nSPS) is 10.4. The molecule has 1 heterocycles. The van der Waals surface area contributed by atoms with Crippen LogP contribution in [0.4, 0.5) is 0 Å². The Bertz CT molecular complexity index is 669. The molecule has 0 aliphatic carbocycles. The van der Waals surface area contributed by atoms with Crippen LogP contribution in [0.2, 0.25) is 0 Å². The van der Waals surface area contributed by atoms with Crippen molar-refractivity contribution in [1.82, 2.24) is 14.8 Å². The van der Waals surface area contributed by atoms with E-state index in [4.69, 9.17) is 10.5 Å². The van der Waals surface area contributed by atoms with Crippen molar-refractivity contribution in [2.45, 2.75) is 25.2 Å². The van der Waals surface area contributed by atoms with E-state index >= 15 is 0 Å². The zero-order valence-corrected chi connectivity index (χ0v) is 13.2. The quantitative estimate of drug-likeness (QED) is 0.594. The molecule has 0 bridgehead atoms. The summed E-state index contributed by atoms with van der Waals surface area (Å²) >= 11 is 1.25. The fourth-order valence-corrected chi connectivity index (χ4v) is 2.54. The summed E-state index contributed by atoms with van der Waals surface area (Å²) < 4.78 is 7.60. The van der Waals surface area contributed by atoms with Crippen molar-refractivity contribution in [2.24, 2.45) is 5.73 Å². The predicted octanol–water partition coefficient (Wildman–Crippen LogP) is 1.93. The number of ether oxygens (including phenoxy) is 1. The topological polar surface area (TPSA) is 83.0 Å². The number of aryl methyl sites for hydroxylation is 1. The minimum Gasteiger partial charge on any atom is -0.486 e. The number of allylic oxidation sites excluding steroid dienone is 1. The van der Waals surface area contributed by atoms with E-state index in [-0.39, 0.29) is 5.75 Å². The van der Waals surface area contributed by atoms with Crippen molar-refractivity contribution in [3.63, 3.8) is 0 Å². The van der Waals surface area contributed by atoms with Crippen LogP contribution in [0.3, 0.4) is 0 Å². The molecule has 1 amide bonds. The maximum atomic E-state index is 10.9. The average Bonchev–Trinajstić information content (AvgIpc) is 2.86. The molecule has 1 aromatic carbocycles. The van der Waals surface area contributed by atoms with Crippen LogP contribution < -0.4 is 10.5 Å². The third kappa shape index (κ3) is 4.36. The molecule has 0 aliphatic heterocycles. The van der Waals surface area contributed by atoms with Gasteiger partial charge in [-0.1, -0.05) is 30.0 Å². The number of aromatic nitrogens is 3. The van der Waals surface area contributed by atoms with Crippen LogP contribution in [0.5, 0.6) is 5.75 Å². The first-order valence-corrected chi connectivity index (χ1v) is 7.72. The van der Waals surface area contributed by atoms with Crippen molar-refractivity contribution in [3.8, 4) is 5.75 Å². The molecule has 0 atom stereocenters. The van der Waals surface area contributed by atoms with Gasteiger partial charge in [0.05, 0.1) is 5.75 Å². The summed E-state index contributed by atoms with van der Waals surface area (Å²) in [5.41, 5.74) is 6.29. The average molecular weight is 318 g/mol. The molecule has 1 aromatic heterocycles. The second-order valence-electron chi connectivity index (χ2n) is 4.66. The Morgan fingerprint density at radius 2 is 2.32 bits per heavy atom. The maximum absolute atomic E-state index is 10.9. The van der Waals surface area contributed by atoms with Gasteiger partial charge in [-0.2, -0.15) is 0 Å². The van der Waals surface area contributed by atoms with Crippen molar-refractivity contribution in [2.75, 3.05) is 5.75 Å². The molecule has 6 nitrogen and oxygen atoms in total. The number of amides is 1. The fourth-order valence-electron chi connectivity index (χ4n) is 1.83. The highest BCUT2D eigenvalue weighted by atomic mass is 32.2. The van der Waals surface area contributed by atoms with Gasteiger partial charge in [-0.15, -0.1) is 16.8 Å². The Morgan fingerprint density at radius 3 is 3.00 bits per heavy atom. The van der Waals surface area contributed by atoms with Crippen LogP contribution in [-0.4, -0.2) is 26.4 Å². The monoisotopic (exact) mass is 318 g/mol. The van der Waals surface area contributed by atoms with E-state index in [1.165, 1.54) is 11.8 Å². The lowest BCUT2D eigenvalue weighted by molar-refractivity contribution is -0.115. The van der Waals surface area contributed by atoms with Crippen molar-refractivity contribution in [3.05, 3.63) is 48.3 Å². The van der Waals surface area contributed by atoms with Gasteiger partial charge in [-0.05, 0) is 24.6 Å². The Labute approximate surface area is 133 Å². The SMILES string of the molecule is C=CCn1c(COc2cccc(C)c2)nnc1SCC(N)=O. The maximum Gasteiger partial charge on any atom is 0.227 e. The molecule has 0 unspecified atom stereocenters. The number of nitrogens with zero attached hydrogens (tertiary/aromatic N) is 3. The molecule has 0 fully saturated rings. The molecule has 2 rings (SSSR count). The summed E-state index contributed by atoms with van der Waals surface area (Å²) in [6.45, 7) is 6.57. The molecular weight excluding hydrogens is 300 g/mol. The Kier molecular flexibility index (Phi) is 5.60. The van der Waals surface area contributed by atoms with Gasteiger partial charge in [0.1, 0.15) is 12.4 Å². The van der Waals surface area contributed by atoms with Gasteiger partial charge in [0, 0.05) is 6.54 Å². The molecule has 0 spiro atoms. The molecular formula is C15H18N4O2S. The van der Waals surface area contributed by atoms with Crippen LogP contribution in [-0.2, 0) is 17.9 Å². The number of thioether (sulfide) groups is 1. The fraction of sp³-hybridized carbons (Fsp3) is 0.267. The van der Waals surface area contributed by atoms with E-state index in [2.05, 4.69) is 16.8 Å². The second-order valence-corrected chi connectivity index (χ2v) is 5.60. The third-order valence-corrected chi connectivity index (χ3v) is 3.80. The van der Waals surface area contributed by atoms with Gasteiger partial charge in [-0.25, -0.2) is 0 Å². The summed E-state index contributed by atoms with van der Waals surface area (Å²) in [5.74, 6) is 1.22. The molecule has 2 aromatic rings. The van der Waals surface area contributed by atoms with Crippen molar-refractivity contribution >= 4 is 17.7 Å². The molecule has 7 heteroatoms. The van der Waals surface area contributed by atoms with Crippen LogP contribution in [0.15, 0.2) is 42.1 Å². The largest absolute Gasteiger partial charge is 0.486 e. The van der Waals surface area contributed by atoms with Gasteiger partial charge < -0.3 is 10.5 Å². The van der Waals surface area contributed by atoms with Crippen LogP contribution in [0.25, 0.3) is 0 Å². The first-order chi connectivity index (χ1) is 10.6. The number of carbonyl (C=O) groups excluding carboxylic acids is 1. The predicted molar refractivity (Wildman–Crippen MR) is 85.6 cm³/mol. The number of hydrogen-bond acceptors (Lipinski definition) is 5. The van der Waals surface area contributed by atoms with Gasteiger partial charge in [-0.3, -0.25) is 9.36 Å². The number of primary amides is 1. The highest BCUT2D eigenvalue weighted by molar-refractivity contribution is 7.99. The van der Waals surface area contributed by atoms with E-state index < -0.39 is 5.91 Å². The Balaban J connectivity index is 2.09. The standard InChI is InChI=1S/C15H18N4O2S/c1-3-7-19-14(17-18-15(19)22-10-13(16)20)9-21-12-6-4-5-11(2)8-12/h3-6,8H,1,7,9-10H2,2H3,(H2,16,20). The molecule has 22 heavy (non-hydrogen) atoms. The van der Waals surface area contributed by atoms with Crippen molar-refractivity contribution < 1.29 is 9.53 Å². The molecule has 0 saturated carbocycles. The molecule has 0 radical (unpaired) electrons. The van der Waals surface area contributed by atoms with E-state index in [0.717, 1.165) is 11.3 Å². The third-order valence-electron chi connectivity index (χ3n) is 2.81. The first kappa shape index (κ1) is 16.1. The van der Waals surface area contributed by atoms with E-state index in [9.17, 15) is 4.79 Å². The lowest BCUT2D eigenvalue weighted by atomic mass is 10.2. The van der Waals surface area contributed by atoms with Crippen molar-refractivity contribution in [1.29, 1.82) is 0 Å². The van der Waals surface area contributed by atoms with Crippen LogP contribution in [0.1, 0.15) is 11.4 Å². The number of hydrogen-bond donors (Lipinski definition) is 1. The molecule has 0 aliphatic rings. The van der Waals surface area contributed by atoms with Gasteiger partial charge >= 0.3 is 0 Å². The van der Waals surface area contributed by atoms with E-state index in [0.29, 0.717) is 24.1 Å². The summed E-state index contributed by atoms with van der Waals surface area (Å²) in [6.07, 6.45) is 1.74. The number of nitrogens with two attached hydrogens (primary N) is 1. The van der Waals surface area contributed by atoms with Gasteiger partial charge in [0.15, 0.2) is 11.0 Å². The van der Waals surface area contributed by atoms with Gasteiger partial charge in [0.25, 0.3) is 0 Å². The first-order valence-electron chi connectivity index (χ1n) is 6.73. The summed E-state index contributed by atoms with van der Waals surface area (Å²) in [6, 6.07) is 7.79. The van der Waals surface area contributed by atoms with Crippen LogP contribution >= 0.6 is 11.8 Å². The minimum atomic E-state index is -0.393. The summed E-state index contributed by atoms with van der Waals surface area (Å²) in [5, 5.41) is 8.82. The van der Waals surface area contributed by atoms with Gasteiger partial charge in [0.2, 0.25) is 5.91 Å². The molecule has 0 saturated heterocycles. The lowest BCUT2D eigenvalue weighted by Crippen LogP contribution is -2.14. The minimum absolute atomic E-state index is 0.161. The second kappa shape index (κ2) is 7.65. The highest BCUT2D eigenvalue weighted by Gasteiger charge is 2.13. The van der Waals surface area contributed by atoms with E-state index in [1.807, 2.05) is 35.8 Å².